The Morgan fingerprint density at radius 3 is 2.69 bits per heavy atom. The molecule has 1 fully saturated rings. The van der Waals surface area contributed by atoms with Gasteiger partial charge in [0.25, 0.3) is 11.2 Å². The lowest BCUT2D eigenvalue weighted by Crippen LogP contribution is -3.13. The van der Waals surface area contributed by atoms with Crippen molar-refractivity contribution in [2.75, 3.05) is 31.1 Å². The van der Waals surface area contributed by atoms with Crippen LogP contribution < -0.4 is 15.4 Å². The van der Waals surface area contributed by atoms with Crippen LogP contribution in [-0.2, 0) is 6.54 Å². The molecule has 0 atom stereocenters. The van der Waals surface area contributed by atoms with Crippen LogP contribution in [0.15, 0.2) is 47.4 Å². The van der Waals surface area contributed by atoms with Crippen LogP contribution >= 0.6 is 11.6 Å². The second-order valence-electron chi connectivity index (χ2n) is 7.32. The summed E-state index contributed by atoms with van der Waals surface area (Å²) in [5, 5.41) is 11.7. The molecular weight excluding hydrogens is 394 g/mol. The first-order valence-corrected chi connectivity index (χ1v) is 9.80. The Morgan fingerprint density at radius 2 is 1.97 bits per heavy atom. The molecule has 1 aliphatic heterocycles. The standard InChI is InChI=1S/C20H20ClN5O3/c1-14-2-5-19-22-16(11-20(27)25(19)12-14)13-23-6-8-24(9-7-23)17-4-3-15(21)10-18(17)26(28)29/h2-5,10-12H,6-9,13H2,1H3/p+1. The largest absolute Gasteiger partial charge is 0.355 e. The SMILES string of the molecule is Cc1ccc2nc(C[NH+]3CCN(c4ccc(Cl)cc4[N+](=O)[O-])CC3)cc(=O)n2c1. The van der Waals surface area contributed by atoms with E-state index in [-0.39, 0.29) is 11.2 Å². The van der Waals surface area contributed by atoms with Gasteiger partial charge in [-0.3, -0.25) is 19.3 Å². The maximum absolute atomic E-state index is 12.4. The smallest absolute Gasteiger partial charge is 0.294 e. The van der Waals surface area contributed by atoms with E-state index in [1.807, 2.05) is 24.0 Å². The number of anilines is 1. The van der Waals surface area contributed by atoms with Gasteiger partial charge in [0.1, 0.15) is 23.6 Å². The minimum absolute atomic E-state index is 0.0282. The van der Waals surface area contributed by atoms with Gasteiger partial charge in [-0.2, -0.15) is 0 Å². The summed E-state index contributed by atoms with van der Waals surface area (Å²) in [5.41, 5.74) is 2.96. The number of aromatic nitrogens is 2. The van der Waals surface area contributed by atoms with Gasteiger partial charge < -0.3 is 9.80 Å². The quantitative estimate of drug-likeness (QED) is 0.516. The zero-order valence-electron chi connectivity index (χ0n) is 16.0. The van der Waals surface area contributed by atoms with Crippen LogP contribution in [0.2, 0.25) is 5.02 Å². The highest BCUT2D eigenvalue weighted by atomic mass is 35.5. The highest BCUT2D eigenvalue weighted by Crippen LogP contribution is 2.30. The highest BCUT2D eigenvalue weighted by Gasteiger charge is 2.26. The number of benzene rings is 1. The normalized spacial score (nSPS) is 15.0. The number of piperazine rings is 1. The Hall–Kier alpha value is -2.97. The van der Waals surface area contributed by atoms with Crippen molar-refractivity contribution in [3.8, 4) is 0 Å². The van der Waals surface area contributed by atoms with Crippen LogP contribution in [0.25, 0.3) is 5.65 Å². The lowest BCUT2D eigenvalue weighted by molar-refractivity contribution is -0.914. The first kappa shape index (κ1) is 19.4. The van der Waals surface area contributed by atoms with Crippen LogP contribution in [0.1, 0.15) is 11.3 Å². The van der Waals surface area contributed by atoms with Gasteiger partial charge in [-0.1, -0.05) is 17.7 Å². The van der Waals surface area contributed by atoms with E-state index in [9.17, 15) is 14.9 Å². The Morgan fingerprint density at radius 1 is 1.21 bits per heavy atom. The van der Waals surface area contributed by atoms with Crippen molar-refractivity contribution in [1.82, 2.24) is 9.38 Å². The number of nitro benzene ring substituents is 1. The molecule has 3 heterocycles. The lowest BCUT2D eigenvalue weighted by Gasteiger charge is -2.33. The van der Waals surface area contributed by atoms with Crippen molar-refractivity contribution in [3.63, 3.8) is 0 Å². The third-order valence-corrected chi connectivity index (χ3v) is 5.47. The predicted octanol–water partition coefficient (Wildman–Crippen LogP) is 1.47. The summed E-state index contributed by atoms with van der Waals surface area (Å²) in [6, 6.07) is 10.2. The topological polar surface area (TPSA) is 85.2 Å². The van der Waals surface area contributed by atoms with Crippen molar-refractivity contribution in [3.05, 3.63) is 79.3 Å². The molecule has 29 heavy (non-hydrogen) atoms. The van der Waals surface area contributed by atoms with Crippen LogP contribution in [0.5, 0.6) is 0 Å². The molecule has 9 heteroatoms. The van der Waals surface area contributed by atoms with Crippen molar-refractivity contribution in [2.45, 2.75) is 13.5 Å². The van der Waals surface area contributed by atoms with E-state index in [4.69, 9.17) is 11.6 Å². The number of nitrogens with one attached hydrogen (secondary N) is 1. The number of nitro groups is 1. The fourth-order valence-corrected chi connectivity index (χ4v) is 3.92. The molecule has 4 rings (SSSR count). The molecule has 1 aromatic carbocycles. The molecule has 0 bridgehead atoms. The number of nitrogens with zero attached hydrogens (tertiary/aromatic N) is 4. The fourth-order valence-electron chi connectivity index (χ4n) is 3.76. The maximum atomic E-state index is 12.4. The Bertz CT molecular complexity index is 1140. The average Bonchev–Trinajstić information content (AvgIpc) is 2.69. The van der Waals surface area contributed by atoms with Gasteiger partial charge in [-0.25, -0.2) is 4.98 Å². The predicted molar refractivity (Wildman–Crippen MR) is 111 cm³/mol. The minimum atomic E-state index is -0.394. The molecule has 1 N–H and O–H groups in total. The summed E-state index contributed by atoms with van der Waals surface area (Å²) < 4.78 is 1.56. The van der Waals surface area contributed by atoms with Gasteiger partial charge in [0.2, 0.25) is 0 Å². The van der Waals surface area contributed by atoms with Gasteiger partial charge >= 0.3 is 0 Å². The van der Waals surface area contributed by atoms with Crippen molar-refractivity contribution >= 4 is 28.6 Å². The van der Waals surface area contributed by atoms with Gasteiger partial charge in [0, 0.05) is 23.4 Å². The minimum Gasteiger partial charge on any atom is -0.355 e. The van der Waals surface area contributed by atoms with E-state index in [0.29, 0.717) is 36.0 Å². The Labute approximate surface area is 172 Å². The van der Waals surface area contributed by atoms with E-state index in [1.165, 1.54) is 11.0 Å². The molecule has 0 radical (unpaired) electrons. The summed E-state index contributed by atoms with van der Waals surface area (Å²) in [6.07, 6.45) is 1.79. The molecule has 1 aliphatic rings. The van der Waals surface area contributed by atoms with E-state index < -0.39 is 4.92 Å². The zero-order valence-corrected chi connectivity index (χ0v) is 16.7. The van der Waals surface area contributed by atoms with Crippen LogP contribution in [0, 0.1) is 17.0 Å². The molecule has 0 spiro atoms. The molecule has 1 saturated heterocycles. The van der Waals surface area contributed by atoms with Crippen molar-refractivity contribution < 1.29 is 9.82 Å². The van der Waals surface area contributed by atoms with Crippen molar-refractivity contribution in [2.24, 2.45) is 0 Å². The molecule has 8 nitrogen and oxygen atoms in total. The number of hydrogen-bond donors (Lipinski definition) is 1. The van der Waals surface area contributed by atoms with E-state index in [0.717, 1.165) is 24.3 Å². The average molecular weight is 415 g/mol. The van der Waals surface area contributed by atoms with Gasteiger partial charge in [-0.05, 0) is 30.7 Å². The van der Waals surface area contributed by atoms with Gasteiger partial charge in [0.15, 0.2) is 0 Å². The van der Waals surface area contributed by atoms with Gasteiger partial charge in [0.05, 0.1) is 31.1 Å². The summed E-state index contributed by atoms with van der Waals surface area (Å²) in [5.74, 6) is 0. The van der Waals surface area contributed by atoms with E-state index >= 15 is 0 Å². The molecule has 0 amide bonds. The second kappa shape index (κ2) is 7.81. The third kappa shape index (κ3) is 4.08. The summed E-state index contributed by atoms with van der Waals surface area (Å²) in [7, 11) is 0. The highest BCUT2D eigenvalue weighted by molar-refractivity contribution is 6.30. The molecule has 0 saturated carbocycles. The first-order chi connectivity index (χ1) is 13.9. The van der Waals surface area contributed by atoms with E-state index in [2.05, 4.69) is 4.98 Å². The number of aryl methyl sites for hydroxylation is 1. The van der Waals surface area contributed by atoms with E-state index in [1.54, 1.807) is 28.8 Å². The number of pyridine rings is 1. The molecule has 0 unspecified atom stereocenters. The molecular formula is C20H21ClN5O3+. The number of rotatable bonds is 4. The van der Waals surface area contributed by atoms with Crippen LogP contribution in [0.4, 0.5) is 11.4 Å². The summed E-state index contributed by atoms with van der Waals surface area (Å²) in [6.45, 7) is 5.56. The number of quaternary nitrogens is 1. The molecule has 2 aromatic heterocycles. The zero-order chi connectivity index (χ0) is 20.5. The van der Waals surface area contributed by atoms with Crippen LogP contribution in [0.3, 0.4) is 0 Å². The monoisotopic (exact) mass is 414 g/mol. The van der Waals surface area contributed by atoms with Gasteiger partial charge in [-0.15, -0.1) is 0 Å². The second-order valence-corrected chi connectivity index (χ2v) is 7.76. The third-order valence-electron chi connectivity index (χ3n) is 5.24. The lowest BCUT2D eigenvalue weighted by atomic mass is 10.2. The molecule has 150 valence electrons. The summed E-state index contributed by atoms with van der Waals surface area (Å²) in [4.78, 5) is 31.3. The fraction of sp³-hybridized carbons (Fsp3) is 0.300. The number of halogens is 1. The number of hydrogen-bond acceptors (Lipinski definition) is 5. The molecule has 3 aromatic rings. The first-order valence-electron chi connectivity index (χ1n) is 9.42. The van der Waals surface area contributed by atoms with Crippen LogP contribution in [-0.4, -0.2) is 40.5 Å². The maximum Gasteiger partial charge on any atom is 0.294 e. The Balaban J connectivity index is 1.47. The Kier molecular flexibility index (Phi) is 5.21. The summed E-state index contributed by atoms with van der Waals surface area (Å²) >= 11 is 5.91. The molecule has 0 aliphatic carbocycles. The van der Waals surface area contributed by atoms with Crippen molar-refractivity contribution in [1.29, 1.82) is 0 Å². The number of fused-ring (bicyclic) bond motifs is 1.